The lowest BCUT2D eigenvalue weighted by atomic mass is 9.89. The number of sulfonamides is 1. The van der Waals surface area contributed by atoms with E-state index in [2.05, 4.69) is 23.5 Å². The van der Waals surface area contributed by atoms with Gasteiger partial charge >= 0.3 is 0 Å². The molecule has 2 aromatic carbocycles. The van der Waals surface area contributed by atoms with Gasteiger partial charge in [0.1, 0.15) is 11.8 Å². The molecule has 0 unspecified atom stereocenters. The van der Waals surface area contributed by atoms with E-state index < -0.39 is 16.1 Å². The Hall–Kier alpha value is -2.54. The monoisotopic (exact) mass is 444 g/mol. The summed E-state index contributed by atoms with van der Waals surface area (Å²) in [4.78, 5) is 13.2. The van der Waals surface area contributed by atoms with Crippen LogP contribution in [-0.4, -0.2) is 33.7 Å². The van der Waals surface area contributed by atoms with E-state index in [1.807, 2.05) is 13.8 Å². The Bertz CT molecular complexity index is 1020. The first-order valence-electron chi connectivity index (χ1n) is 10.8. The number of nitrogens with one attached hydrogen (secondary N) is 1. The number of anilines is 1. The Kier molecular flexibility index (Phi) is 7.26. The van der Waals surface area contributed by atoms with Crippen LogP contribution in [0, 0.1) is 0 Å². The van der Waals surface area contributed by atoms with E-state index in [0.29, 0.717) is 17.9 Å². The summed E-state index contributed by atoms with van der Waals surface area (Å²) in [6.45, 7) is 3.75. The molecule has 0 fully saturated rings. The third-order valence-electron chi connectivity index (χ3n) is 5.89. The van der Waals surface area contributed by atoms with E-state index in [0.717, 1.165) is 24.7 Å². The molecule has 0 aliphatic heterocycles. The summed E-state index contributed by atoms with van der Waals surface area (Å²) < 4.78 is 31.6. The second-order valence-electron chi connectivity index (χ2n) is 8.15. The first kappa shape index (κ1) is 23.1. The van der Waals surface area contributed by atoms with Crippen LogP contribution in [0.3, 0.4) is 0 Å². The molecular formula is C24H32N2O4S. The Morgan fingerprint density at radius 1 is 1.10 bits per heavy atom. The molecule has 0 spiro atoms. The highest BCUT2D eigenvalue weighted by molar-refractivity contribution is 7.92. The topological polar surface area (TPSA) is 75.7 Å². The molecule has 2 atom stereocenters. The van der Waals surface area contributed by atoms with Gasteiger partial charge in [0.15, 0.2) is 0 Å². The Morgan fingerprint density at radius 2 is 1.74 bits per heavy atom. The smallest absolute Gasteiger partial charge is 0.244 e. The van der Waals surface area contributed by atoms with E-state index in [1.54, 1.807) is 31.4 Å². The lowest BCUT2D eigenvalue weighted by Gasteiger charge is -2.31. The third-order valence-corrected chi connectivity index (χ3v) is 7.07. The van der Waals surface area contributed by atoms with E-state index in [-0.39, 0.29) is 11.9 Å². The first-order valence-corrected chi connectivity index (χ1v) is 12.6. The van der Waals surface area contributed by atoms with Crippen molar-refractivity contribution in [3.8, 4) is 5.75 Å². The van der Waals surface area contributed by atoms with Gasteiger partial charge in [0, 0.05) is 0 Å². The summed E-state index contributed by atoms with van der Waals surface area (Å²) >= 11 is 0. The fourth-order valence-corrected chi connectivity index (χ4v) is 5.42. The highest BCUT2D eigenvalue weighted by atomic mass is 32.2. The summed E-state index contributed by atoms with van der Waals surface area (Å²) in [5.74, 6) is 0.310. The number of fused-ring (bicyclic) bond motifs is 1. The van der Waals surface area contributed by atoms with Crippen molar-refractivity contribution in [3.63, 3.8) is 0 Å². The zero-order chi connectivity index (χ0) is 22.6. The number of carbonyl (C=O) groups excluding carboxylic acids is 1. The average molecular weight is 445 g/mol. The van der Waals surface area contributed by atoms with Crippen molar-refractivity contribution >= 4 is 21.6 Å². The Labute approximate surface area is 185 Å². The second kappa shape index (κ2) is 9.73. The molecule has 31 heavy (non-hydrogen) atoms. The second-order valence-corrected chi connectivity index (χ2v) is 10.0. The molecule has 3 rings (SSSR count). The quantitative estimate of drug-likeness (QED) is 0.668. The van der Waals surface area contributed by atoms with E-state index in [9.17, 15) is 13.2 Å². The van der Waals surface area contributed by atoms with Gasteiger partial charge in [0.2, 0.25) is 15.9 Å². The SMILES string of the molecule is CC[C@H](C(=O)N[C@H](C)c1ccc2c(c1)CCCC2)N(c1ccc(OC)cc1)S(C)(=O)=O. The minimum absolute atomic E-state index is 0.217. The molecule has 7 heteroatoms. The van der Waals surface area contributed by atoms with Crippen molar-refractivity contribution in [2.75, 3.05) is 17.7 Å². The highest BCUT2D eigenvalue weighted by Gasteiger charge is 2.32. The summed E-state index contributed by atoms with van der Waals surface area (Å²) in [6.07, 6.45) is 6.08. The third kappa shape index (κ3) is 5.39. The maximum Gasteiger partial charge on any atom is 0.244 e. The van der Waals surface area contributed by atoms with Gasteiger partial charge in [0.05, 0.1) is 25.1 Å². The van der Waals surface area contributed by atoms with E-state index in [1.165, 1.54) is 28.3 Å². The molecule has 0 heterocycles. The number of hydrogen-bond donors (Lipinski definition) is 1. The highest BCUT2D eigenvalue weighted by Crippen LogP contribution is 2.27. The summed E-state index contributed by atoms with van der Waals surface area (Å²) in [5, 5.41) is 3.03. The lowest BCUT2D eigenvalue weighted by Crippen LogP contribution is -2.49. The number of hydrogen-bond acceptors (Lipinski definition) is 4. The molecule has 1 aliphatic carbocycles. The van der Waals surface area contributed by atoms with Crippen molar-refractivity contribution in [1.29, 1.82) is 0 Å². The Morgan fingerprint density at radius 3 is 2.32 bits per heavy atom. The largest absolute Gasteiger partial charge is 0.497 e. The number of ether oxygens (including phenoxy) is 1. The van der Waals surface area contributed by atoms with Crippen molar-refractivity contribution in [2.45, 2.75) is 58.0 Å². The van der Waals surface area contributed by atoms with Crippen LogP contribution < -0.4 is 14.4 Å². The standard InChI is InChI=1S/C24H32N2O4S/c1-5-23(26(31(4,28)29)21-12-14-22(30-3)15-13-21)24(27)25-17(2)19-11-10-18-8-6-7-9-20(18)16-19/h10-17,23H,5-9H2,1-4H3,(H,25,27)/t17-,23-/m1/s1. The zero-order valence-electron chi connectivity index (χ0n) is 18.7. The summed E-state index contributed by atoms with van der Waals surface area (Å²) in [6, 6.07) is 12.0. The molecule has 0 radical (unpaired) electrons. The van der Waals surface area contributed by atoms with Crippen LogP contribution in [0.25, 0.3) is 0 Å². The van der Waals surface area contributed by atoms with Gasteiger partial charge in [-0.1, -0.05) is 25.1 Å². The number of nitrogens with zero attached hydrogens (tertiary/aromatic N) is 1. The van der Waals surface area contributed by atoms with Crippen LogP contribution in [0.15, 0.2) is 42.5 Å². The maximum absolute atomic E-state index is 13.2. The molecule has 168 valence electrons. The van der Waals surface area contributed by atoms with Crippen LogP contribution >= 0.6 is 0 Å². The maximum atomic E-state index is 13.2. The fourth-order valence-electron chi connectivity index (χ4n) is 4.21. The minimum Gasteiger partial charge on any atom is -0.497 e. The van der Waals surface area contributed by atoms with Crippen LogP contribution in [0.1, 0.15) is 55.8 Å². The van der Waals surface area contributed by atoms with Gasteiger partial charge in [-0.3, -0.25) is 9.10 Å². The van der Waals surface area contributed by atoms with Crippen molar-refractivity contribution in [2.24, 2.45) is 0 Å². The minimum atomic E-state index is -3.67. The average Bonchev–Trinajstić information content (AvgIpc) is 2.76. The number of methoxy groups -OCH3 is 1. The van der Waals surface area contributed by atoms with Crippen molar-refractivity contribution in [1.82, 2.24) is 5.32 Å². The molecule has 0 aromatic heterocycles. The predicted octanol–water partition coefficient (Wildman–Crippen LogP) is 4.00. The summed E-state index contributed by atoms with van der Waals surface area (Å²) in [5.41, 5.74) is 4.22. The number of amides is 1. The Balaban J connectivity index is 1.82. The molecule has 1 N–H and O–H groups in total. The molecule has 6 nitrogen and oxygen atoms in total. The van der Waals surface area contributed by atoms with Crippen molar-refractivity contribution in [3.05, 3.63) is 59.2 Å². The lowest BCUT2D eigenvalue weighted by molar-refractivity contribution is -0.122. The zero-order valence-corrected chi connectivity index (χ0v) is 19.5. The van der Waals surface area contributed by atoms with Crippen LogP contribution in [0.4, 0.5) is 5.69 Å². The number of aryl methyl sites for hydroxylation is 2. The molecule has 0 saturated heterocycles. The molecule has 2 aromatic rings. The molecule has 0 saturated carbocycles. The summed E-state index contributed by atoms with van der Waals surface area (Å²) in [7, 11) is -2.13. The number of rotatable bonds is 8. The number of benzene rings is 2. The van der Waals surface area contributed by atoms with Gasteiger partial charge in [-0.2, -0.15) is 0 Å². The van der Waals surface area contributed by atoms with E-state index in [4.69, 9.17) is 4.74 Å². The molecule has 1 aliphatic rings. The normalized spacial score (nSPS) is 15.5. The van der Waals surface area contributed by atoms with Crippen LogP contribution in [0.5, 0.6) is 5.75 Å². The predicted molar refractivity (Wildman–Crippen MR) is 124 cm³/mol. The van der Waals surface area contributed by atoms with Crippen LogP contribution in [-0.2, 0) is 27.7 Å². The van der Waals surface area contributed by atoms with Gasteiger partial charge in [-0.05, 0) is 80.0 Å². The van der Waals surface area contributed by atoms with Gasteiger partial charge in [0.25, 0.3) is 0 Å². The van der Waals surface area contributed by atoms with Crippen LogP contribution in [0.2, 0.25) is 0 Å². The van der Waals surface area contributed by atoms with Gasteiger partial charge in [-0.25, -0.2) is 8.42 Å². The van der Waals surface area contributed by atoms with E-state index >= 15 is 0 Å². The molecular weight excluding hydrogens is 412 g/mol. The first-order chi connectivity index (χ1) is 14.7. The number of carbonyl (C=O) groups is 1. The van der Waals surface area contributed by atoms with Gasteiger partial charge in [-0.15, -0.1) is 0 Å². The fraction of sp³-hybridized carbons (Fsp3) is 0.458. The van der Waals surface area contributed by atoms with Gasteiger partial charge < -0.3 is 10.1 Å². The molecule has 0 bridgehead atoms. The van der Waals surface area contributed by atoms with Crippen molar-refractivity contribution < 1.29 is 17.9 Å². The molecule has 1 amide bonds.